The molecule has 4 heteroatoms. The van der Waals surface area contributed by atoms with E-state index in [4.69, 9.17) is 9.72 Å². The van der Waals surface area contributed by atoms with Crippen LogP contribution in [0.4, 0.5) is 0 Å². The van der Waals surface area contributed by atoms with E-state index in [0.717, 1.165) is 29.4 Å². The molecule has 1 aromatic heterocycles. The first kappa shape index (κ1) is 16.1. The zero-order valence-corrected chi connectivity index (χ0v) is 14.0. The minimum atomic E-state index is -0.365. The normalized spacial score (nSPS) is 11.4. The number of hydrogen-bond donors (Lipinski definition) is 0. The van der Waals surface area contributed by atoms with Crippen molar-refractivity contribution in [3.05, 3.63) is 53.6 Å². The molecule has 0 bridgehead atoms. The Bertz CT molecular complexity index is 916. The van der Waals surface area contributed by atoms with Gasteiger partial charge in [0.2, 0.25) is 0 Å². The molecule has 0 radical (unpaired) electrons. The Morgan fingerprint density at radius 2 is 1.79 bits per heavy atom. The number of rotatable bonds is 5. The second-order valence-corrected chi connectivity index (χ2v) is 5.52. The van der Waals surface area contributed by atoms with Crippen molar-refractivity contribution in [3.8, 4) is 0 Å². The van der Waals surface area contributed by atoms with Crippen molar-refractivity contribution in [2.45, 2.75) is 26.7 Å². The molecule has 0 saturated heterocycles. The van der Waals surface area contributed by atoms with Crippen molar-refractivity contribution in [2.75, 3.05) is 6.61 Å². The third-order valence-electron chi connectivity index (χ3n) is 3.77. The summed E-state index contributed by atoms with van der Waals surface area (Å²) in [6, 6.07) is 11.3. The van der Waals surface area contributed by atoms with E-state index in [9.17, 15) is 4.79 Å². The largest absolute Gasteiger partial charge is 0.462 e. The predicted molar refractivity (Wildman–Crippen MR) is 96.9 cm³/mol. The number of ether oxygens (including phenoxy) is 1. The van der Waals surface area contributed by atoms with Crippen molar-refractivity contribution >= 4 is 34.1 Å². The molecule has 0 aliphatic rings. The van der Waals surface area contributed by atoms with Crippen LogP contribution in [0.3, 0.4) is 0 Å². The molecule has 122 valence electrons. The number of allylic oxidation sites excluding steroid dienone is 1. The molecule has 0 atom stereocenters. The van der Waals surface area contributed by atoms with Crippen LogP contribution in [0.15, 0.2) is 42.5 Å². The molecular weight excluding hydrogens is 300 g/mol. The summed E-state index contributed by atoms with van der Waals surface area (Å²) in [6.45, 7) is 4.27. The van der Waals surface area contributed by atoms with Gasteiger partial charge in [0.15, 0.2) is 0 Å². The Hall–Kier alpha value is -2.75. The van der Waals surface area contributed by atoms with Gasteiger partial charge in [-0.05, 0) is 31.5 Å². The van der Waals surface area contributed by atoms with Gasteiger partial charge in [-0.15, -0.1) is 0 Å². The minimum absolute atomic E-state index is 0.335. The molecule has 1 heterocycles. The Labute approximate surface area is 141 Å². The van der Waals surface area contributed by atoms with Gasteiger partial charge in [-0.3, -0.25) is 0 Å². The third-order valence-corrected chi connectivity index (χ3v) is 3.77. The van der Waals surface area contributed by atoms with Gasteiger partial charge in [0, 0.05) is 5.56 Å². The summed E-state index contributed by atoms with van der Waals surface area (Å²) in [4.78, 5) is 21.6. The molecule has 0 amide bonds. The first-order valence-electron chi connectivity index (χ1n) is 8.27. The summed E-state index contributed by atoms with van der Waals surface area (Å²) < 4.78 is 5.14. The van der Waals surface area contributed by atoms with Crippen LogP contribution >= 0.6 is 0 Å². The SMILES string of the molecule is CCCC=Cc1cccc2nc3cccc(C(=O)OCC)c3nc12. The highest BCUT2D eigenvalue weighted by Crippen LogP contribution is 2.23. The Morgan fingerprint density at radius 3 is 2.54 bits per heavy atom. The molecule has 0 unspecified atom stereocenters. The van der Waals surface area contributed by atoms with E-state index < -0.39 is 0 Å². The first-order chi connectivity index (χ1) is 11.7. The molecule has 0 N–H and O–H groups in total. The lowest BCUT2D eigenvalue weighted by molar-refractivity contribution is 0.0528. The average Bonchev–Trinajstić information content (AvgIpc) is 2.60. The maximum Gasteiger partial charge on any atom is 0.340 e. The van der Waals surface area contributed by atoms with E-state index in [1.54, 1.807) is 19.1 Å². The molecule has 0 aliphatic heterocycles. The second-order valence-electron chi connectivity index (χ2n) is 5.52. The Morgan fingerprint density at radius 1 is 1.04 bits per heavy atom. The average molecular weight is 320 g/mol. The van der Waals surface area contributed by atoms with E-state index in [2.05, 4.69) is 24.1 Å². The summed E-state index contributed by atoms with van der Waals surface area (Å²) in [6.07, 6.45) is 6.32. The van der Waals surface area contributed by atoms with Gasteiger partial charge in [0.25, 0.3) is 0 Å². The fourth-order valence-electron chi connectivity index (χ4n) is 2.63. The number of para-hydroxylation sites is 2. The first-order valence-corrected chi connectivity index (χ1v) is 8.27. The fraction of sp³-hybridized carbons (Fsp3) is 0.250. The quantitative estimate of drug-likeness (QED) is 0.502. The summed E-state index contributed by atoms with van der Waals surface area (Å²) in [5, 5.41) is 0. The fourth-order valence-corrected chi connectivity index (χ4v) is 2.63. The van der Waals surface area contributed by atoms with Crippen LogP contribution in [-0.2, 0) is 4.74 Å². The minimum Gasteiger partial charge on any atom is -0.462 e. The number of carbonyl (C=O) groups is 1. The van der Waals surface area contributed by atoms with E-state index in [1.807, 2.05) is 24.3 Å². The molecule has 0 aliphatic carbocycles. The lowest BCUT2D eigenvalue weighted by Crippen LogP contribution is -2.06. The van der Waals surface area contributed by atoms with Crippen molar-refractivity contribution < 1.29 is 9.53 Å². The van der Waals surface area contributed by atoms with Crippen molar-refractivity contribution in [2.24, 2.45) is 0 Å². The van der Waals surface area contributed by atoms with Crippen molar-refractivity contribution in [1.29, 1.82) is 0 Å². The highest BCUT2D eigenvalue weighted by molar-refractivity contribution is 6.04. The van der Waals surface area contributed by atoms with Gasteiger partial charge in [0.05, 0.1) is 28.7 Å². The highest BCUT2D eigenvalue weighted by Gasteiger charge is 2.14. The predicted octanol–water partition coefficient (Wildman–Crippen LogP) is 4.77. The van der Waals surface area contributed by atoms with Crippen molar-refractivity contribution in [1.82, 2.24) is 9.97 Å². The number of nitrogens with zero attached hydrogens (tertiary/aromatic N) is 2. The van der Waals surface area contributed by atoms with Crippen LogP contribution in [0.2, 0.25) is 0 Å². The van der Waals surface area contributed by atoms with Gasteiger partial charge in [-0.2, -0.15) is 0 Å². The van der Waals surface area contributed by atoms with Crippen LogP contribution in [0.1, 0.15) is 42.6 Å². The number of benzene rings is 2. The molecule has 0 fully saturated rings. The van der Waals surface area contributed by atoms with Gasteiger partial charge in [0.1, 0.15) is 5.52 Å². The summed E-state index contributed by atoms with van der Waals surface area (Å²) >= 11 is 0. The molecule has 0 saturated carbocycles. The molecular formula is C20H20N2O2. The van der Waals surface area contributed by atoms with Gasteiger partial charge in [-0.25, -0.2) is 14.8 Å². The molecule has 3 rings (SSSR count). The standard InChI is InChI=1S/C20H20N2O2/c1-3-5-6-9-14-10-7-12-16-18(14)22-19-15(20(23)24-4-2)11-8-13-17(19)21-16/h6-13H,3-5H2,1-2H3. The van der Waals surface area contributed by atoms with Crippen molar-refractivity contribution in [3.63, 3.8) is 0 Å². The van der Waals surface area contributed by atoms with E-state index >= 15 is 0 Å². The zero-order valence-electron chi connectivity index (χ0n) is 14.0. The summed E-state index contributed by atoms with van der Waals surface area (Å²) in [5.41, 5.74) is 4.36. The smallest absolute Gasteiger partial charge is 0.340 e. The number of unbranched alkanes of at least 4 members (excludes halogenated alkanes) is 1. The van der Waals surface area contributed by atoms with E-state index in [0.29, 0.717) is 23.2 Å². The maximum absolute atomic E-state index is 12.2. The summed E-state index contributed by atoms with van der Waals surface area (Å²) in [5.74, 6) is -0.365. The van der Waals surface area contributed by atoms with E-state index in [-0.39, 0.29) is 5.97 Å². The number of esters is 1. The number of fused-ring (bicyclic) bond motifs is 2. The van der Waals surface area contributed by atoms with Crippen LogP contribution in [0.25, 0.3) is 28.1 Å². The Balaban J connectivity index is 2.21. The van der Waals surface area contributed by atoms with Crippen LogP contribution in [0.5, 0.6) is 0 Å². The van der Waals surface area contributed by atoms with Crippen LogP contribution in [-0.4, -0.2) is 22.5 Å². The third kappa shape index (κ3) is 3.13. The van der Waals surface area contributed by atoms with Gasteiger partial charge in [-0.1, -0.05) is 43.7 Å². The van der Waals surface area contributed by atoms with Gasteiger partial charge < -0.3 is 4.74 Å². The monoisotopic (exact) mass is 320 g/mol. The maximum atomic E-state index is 12.2. The topological polar surface area (TPSA) is 52.1 Å². The second kappa shape index (κ2) is 7.21. The molecule has 0 spiro atoms. The molecule has 24 heavy (non-hydrogen) atoms. The van der Waals surface area contributed by atoms with E-state index in [1.165, 1.54) is 0 Å². The zero-order chi connectivity index (χ0) is 16.9. The lowest BCUT2D eigenvalue weighted by atomic mass is 10.1. The summed E-state index contributed by atoms with van der Waals surface area (Å²) in [7, 11) is 0. The molecule has 4 nitrogen and oxygen atoms in total. The lowest BCUT2D eigenvalue weighted by Gasteiger charge is -2.08. The number of carbonyl (C=O) groups excluding carboxylic acids is 1. The van der Waals surface area contributed by atoms with Crippen LogP contribution < -0.4 is 0 Å². The Kier molecular flexibility index (Phi) is 4.85. The van der Waals surface area contributed by atoms with Gasteiger partial charge >= 0.3 is 5.97 Å². The highest BCUT2D eigenvalue weighted by atomic mass is 16.5. The number of hydrogen-bond acceptors (Lipinski definition) is 4. The number of aromatic nitrogens is 2. The van der Waals surface area contributed by atoms with Crippen LogP contribution in [0, 0.1) is 0 Å². The molecule has 2 aromatic carbocycles. The molecule has 3 aromatic rings.